The molecule has 0 saturated carbocycles. The Balaban J connectivity index is 1.94. The molecule has 1 amide bonds. The molecule has 0 bridgehead atoms. The largest absolute Gasteiger partial charge is 0.467 e. The predicted molar refractivity (Wildman–Crippen MR) is 95.6 cm³/mol. The van der Waals surface area contributed by atoms with Gasteiger partial charge in [0.05, 0.1) is 17.2 Å². The molecule has 2 aromatic rings. The summed E-state index contributed by atoms with van der Waals surface area (Å²) in [5.74, 6) is 0.527. The van der Waals surface area contributed by atoms with E-state index in [1.165, 1.54) is 0 Å². The van der Waals surface area contributed by atoms with E-state index in [-0.39, 0.29) is 29.8 Å². The molecule has 1 unspecified atom stereocenters. The highest BCUT2D eigenvalue weighted by molar-refractivity contribution is 7.89. The Morgan fingerprint density at radius 3 is 2.60 bits per heavy atom. The van der Waals surface area contributed by atoms with Crippen LogP contribution in [0.3, 0.4) is 0 Å². The van der Waals surface area contributed by atoms with Crippen LogP contribution < -0.4 is 4.72 Å². The van der Waals surface area contributed by atoms with Crippen molar-refractivity contribution in [3.8, 4) is 0 Å². The molecule has 0 aliphatic heterocycles. The number of sulfonamides is 1. The molecule has 1 N–H and O–H groups in total. The molecular formula is C18H24N2O4S. The summed E-state index contributed by atoms with van der Waals surface area (Å²) in [6.07, 6.45) is 1.63. The number of carbonyl (C=O) groups is 1. The molecule has 0 aliphatic rings. The van der Waals surface area contributed by atoms with Crippen molar-refractivity contribution in [3.63, 3.8) is 0 Å². The highest BCUT2D eigenvalue weighted by atomic mass is 32.2. The summed E-state index contributed by atoms with van der Waals surface area (Å²) in [5.41, 5.74) is 1.68. The number of hydrogen-bond donors (Lipinski definition) is 1. The Kier molecular flexibility index (Phi) is 6.02. The molecule has 25 heavy (non-hydrogen) atoms. The maximum absolute atomic E-state index is 12.4. The zero-order chi connectivity index (χ0) is 18.6. The summed E-state index contributed by atoms with van der Waals surface area (Å²) in [7, 11) is -1.96. The van der Waals surface area contributed by atoms with Crippen LogP contribution in [0.25, 0.3) is 0 Å². The third-order valence-corrected chi connectivity index (χ3v) is 5.80. The van der Waals surface area contributed by atoms with E-state index < -0.39 is 10.0 Å². The number of amides is 1. The molecule has 1 aromatic heterocycles. The average molecular weight is 364 g/mol. The lowest BCUT2D eigenvalue weighted by Gasteiger charge is -2.23. The van der Waals surface area contributed by atoms with Crippen LogP contribution in [0.4, 0.5) is 0 Å². The number of nitrogens with one attached hydrogen (secondary N) is 1. The summed E-state index contributed by atoms with van der Waals surface area (Å²) in [5, 5.41) is 0. The van der Waals surface area contributed by atoms with E-state index in [1.807, 2.05) is 19.9 Å². The zero-order valence-corrected chi connectivity index (χ0v) is 15.8. The molecule has 136 valence electrons. The molecule has 1 atom stereocenters. The van der Waals surface area contributed by atoms with Gasteiger partial charge < -0.3 is 9.32 Å². The molecule has 0 saturated heterocycles. The highest BCUT2D eigenvalue weighted by Gasteiger charge is 2.21. The van der Waals surface area contributed by atoms with Crippen LogP contribution in [0.15, 0.2) is 45.9 Å². The molecule has 0 spiro atoms. The van der Waals surface area contributed by atoms with Crippen molar-refractivity contribution in [3.05, 3.63) is 53.5 Å². The Hall–Kier alpha value is -2.12. The van der Waals surface area contributed by atoms with E-state index in [9.17, 15) is 13.2 Å². The summed E-state index contributed by atoms with van der Waals surface area (Å²) in [6, 6.07) is 8.52. The molecule has 2 rings (SSSR count). The fourth-order valence-corrected chi connectivity index (χ4v) is 3.84. The molecule has 0 radical (unpaired) electrons. The van der Waals surface area contributed by atoms with E-state index in [0.29, 0.717) is 11.3 Å². The van der Waals surface area contributed by atoms with Gasteiger partial charge in [-0.15, -0.1) is 0 Å². The molecule has 7 heteroatoms. The minimum atomic E-state index is -3.63. The molecule has 6 nitrogen and oxygen atoms in total. The van der Waals surface area contributed by atoms with Gasteiger partial charge >= 0.3 is 0 Å². The van der Waals surface area contributed by atoms with Gasteiger partial charge in [-0.3, -0.25) is 4.79 Å². The number of benzene rings is 1. The van der Waals surface area contributed by atoms with Crippen LogP contribution in [0, 0.1) is 13.8 Å². The molecule has 1 heterocycles. The molecule has 0 fully saturated rings. The lowest BCUT2D eigenvalue weighted by atomic mass is 10.2. The van der Waals surface area contributed by atoms with Crippen LogP contribution in [0.5, 0.6) is 0 Å². The lowest BCUT2D eigenvalue weighted by Crippen LogP contribution is -2.33. The van der Waals surface area contributed by atoms with E-state index in [1.54, 1.807) is 49.4 Å². The average Bonchev–Trinajstić information content (AvgIpc) is 3.07. The maximum atomic E-state index is 12.4. The number of rotatable bonds is 7. The van der Waals surface area contributed by atoms with Gasteiger partial charge in [0.15, 0.2) is 0 Å². The maximum Gasteiger partial charge on any atom is 0.240 e. The summed E-state index contributed by atoms with van der Waals surface area (Å²) < 4.78 is 32.6. The molecule has 1 aromatic carbocycles. The minimum Gasteiger partial charge on any atom is -0.467 e. The van der Waals surface area contributed by atoms with Gasteiger partial charge in [0.25, 0.3) is 0 Å². The van der Waals surface area contributed by atoms with Crippen molar-refractivity contribution in [2.24, 2.45) is 0 Å². The van der Waals surface area contributed by atoms with Crippen molar-refractivity contribution in [1.82, 2.24) is 9.62 Å². The van der Waals surface area contributed by atoms with Gasteiger partial charge in [0.2, 0.25) is 15.9 Å². The zero-order valence-electron chi connectivity index (χ0n) is 14.9. The van der Waals surface area contributed by atoms with Crippen molar-refractivity contribution in [2.45, 2.75) is 38.1 Å². The number of furan rings is 1. The standard InChI is InChI=1S/C18H24N2O4S/c1-13-7-8-17(14(2)12-13)25(22,23)19-10-9-18(21)20(4)15(3)16-6-5-11-24-16/h5-8,11-12,15,19H,9-10H2,1-4H3. The number of hydrogen-bond acceptors (Lipinski definition) is 4. The second-order valence-electron chi connectivity index (χ2n) is 6.11. The number of carbonyl (C=O) groups excluding carboxylic acids is 1. The third kappa shape index (κ3) is 4.70. The van der Waals surface area contributed by atoms with Gasteiger partial charge in [0.1, 0.15) is 5.76 Å². The van der Waals surface area contributed by atoms with E-state index in [0.717, 1.165) is 5.56 Å². The van der Waals surface area contributed by atoms with E-state index in [4.69, 9.17) is 4.42 Å². The summed E-state index contributed by atoms with van der Waals surface area (Å²) in [4.78, 5) is 14.0. The predicted octanol–water partition coefficient (Wildman–Crippen LogP) is 2.78. The van der Waals surface area contributed by atoms with Crippen molar-refractivity contribution in [2.75, 3.05) is 13.6 Å². The second kappa shape index (κ2) is 7.84. The van der Waals surface area contributed by atoms with Gasteiger partial charge in [-0.25, -0.2) is 13.1 Å². The summed E-state index contributed by atoms with van der Waals surface area (Å²) in [6.45, 7) is 5.57. The first-order valence-electron chi connectivity index (χ1n) is 8.08. The van der Waals surface area contributed by atoms with Crippen LogP contribution in [-0.2, 0) is 14.8 Å². The van der Waals surface area contributed by atoms with Gasteiger partial charge in [-0.05, 0) is 44.5 Å². The Labute approximate surface area is 148 Å². The normalized spacial score (nSPS) is 12.8. The number of nitrogens with zero attached hydrogens (tertiary/aromatic N) is 1. The number of aryl methyl sites for hydroxylation is 2. The third-order valence-electron chi connectivity index (χ3n) is 4.18. The fourth-order valence-electron chi connectivity index (χ4n) is 2.58. The van der Waals surface area contributed by atoms with Crippen LogP contribution in [0.1, 0.15) is 36.3 Å². The molecule has 0 aliphatic carbocycles. The van der Waals surface area contributed by atoms with Crippen LogP contribution in [0.2, 0.25) is 0 Å². The van der Waals surface area contributed by atoms with Gasteiger partial charge in [-0.1, -0.05) is 17.7 Å². The van der Waals surface area contributed by atoms with Crippen molar-refractivity contribution < 1.29 is 17.6 Å². The van der Waals surface area contributed by atoms with E-state index in [2.05, 4.69) is 4.72 Å². The first-order valence-corrected chi connectivity index (χ1v) is 9.56. The quantitative estimate of drug-likeness (QED) is 0.819. The first kappa shape index (κ1) is 19.2. The van der Waals surface area contributed by atoms with Crippen LogP contribution in [-0.4, -0.2) is 32.8 Å². The molecular weight excluding hydrogens is 340 g/mol. The Bertz CT molecular complexity index is 829. The second-order valence-corrected chi connectivity index (χ2v) is 7.85. The van der Waals surface area contributed by atoms with Crippen LogP contribution >= 0.6 is 0 Å². The van der Waals surface area contributed by atoms with Crippen molar-refractivity contribution in [1.29, 1.82) is 0 Å². The topological polar surface area (TPSA) is 79.6 Å². The first-order chi connectivity index (χ1) is 11.7. The Morgan fingerprint density at radius 1 is 1.28 bits per heavy atom. The Morgan fingerprint density at radius 2 is 2.00 bits per heavy atom. The van der Waals surface area contributed by atoms with Gasteiger partial charge in [-0.2, -0.15) is 0 Å². The van der Waals surface area contributed by atoms with Gasteiger partial charge in [0, 0.05) is 20.0 Å². The monoisotopic (exact) mass is 364 g/mol. The lowest BCUT2D eigenvalue weighted by molar-refractivity contribution is -0.131. The summed E-state index contributed by atoms with van der Waals surface area (Å²) >= 11 is 0. The SMILES string of the molecule is Cc1ccc(S(=O)(=O)NCCC(=O)N(C)C(C)c2ccco2)c(C)c1. The minimum absolute atomic E-state index is 0.0453. The fraction of sp³-hybridized carbons (Fsp3) is 0.389. The van der Waals surface area contributed by atoms with Crippen molar-refractivity contribution >= 4 is 15.9 Å². The van der Waals surface area contributed by atoms with E-state index >= 15 is 0 Å². The highest BCUT2D eigenvalue weighted by Crippen LogP contribution is 2.20. The smallest absolute Gasteiger partial charge is 0.240 e.